The van der Waals surface area contributed by atoms with Crippen molar-refractivity contribution in [3.05, 3.63) is 29.6 Å². The van der Waals surface area contributed by atoms with E-state index >= 15 is 0 Å². The molecule has 4 N–H and O–H groups in total. The molecule has 2 unspecified atom stereocenters. The van der Waals surface area contributed by atoms with E-state index in [4.69, 9.17) is 5.73 Å². The Morgan fingerprint density at radius 1 is 1.54 bits per heavy atom. The third-order valence-corrected chi connectivity index (χ3v) is 5.06. The molecule has 1 fully saturated rings. The van der Waals surface area contributed by atoms with E-state index in [0.717, 1.165) is 36.5 Å². The molecule has 24 heavy (non-hydrogen) atoms. The molecule has 0 bridgehead atoms. The Kier molecular flexibility index (Phi) is 5.13. The lowest BCUT2D eigenvalue weighted by atomic mass is 9.96. The van der Waals surface area contributed by atoms with E-state index in [9.17, 15) is 9.90 Å². The van der Waals surface area contributed by atoms with E-state index in [1.165, 1.54) is 11.3 Å². The molecule has 0 radical (unpaired) electrons. The monoisotopic (exact) mass is 346 g/mol. The first-order valence-corrected chi connectivity index (χ1v) is 8.93. The molecule has 0 saturated carbocycles. The minimum Gasteiger partial charge on any atom is -0.393 e. The fourth-order valence-corrected chi connectivity index (χ4v) is 3.60. The minimum atomic E-state index is -0.245. The molecule has 1 aromatic heterocycles. The standard InChI is InChI=1S/C17H22N4O2S/c1-11-9-21(6-5-15(11)22)13-4-2-3-12(7-13)14-10-24-17(19-14)20-16(23)8-18/h2-4,7,10-11,15,22H,5-6,8-9,18H2,1H3,(H,19,20,23). The summed E-state index contributed by atoms with van der Waals surface area (Å²) in [4.78, 5) is 18.1. The van der Waals surface area contributed by atoms with Crippen LogP contribution >= 0.6 is 11.3 Å². The maximum absolute atomic E-state index is 11.3. The van der Waals surface area contributed by atoms with Crippen LogP contribution in [0.5, 0.6) is 0 Å². The largest absolute Gasteiger partial charge is 0.393 e. The summed E-state index contributed by atoms with van der Waals surface area (Å²) in [5.41, 5.74) is 8.28. The third kappa shape index (κ3) is 3.75. The summed E-state index contributed by atoms with van der Waals surface area (Å²) in [6, 6.07) is 8.21. The Labute approximate surface area is 145 Å². The van der Waals surface area contributed by atoms with E-state index in [1.54, 1.807) is 0 Å². The summed E-state index contributed by atoms with van der Waals surface area (Å²) in [5, 5.41) is 15.0. The van der Waals surface area contributed by atoms with Crippen molar-refractivity contribution in [3.63, 3.8) is 0 Å². The van der Waals surface area contributed by atoms with E-state index in [1.807, 2.05) is 17.5 Å². The van der Waals surface area contributed by atoms with Gasteiger partial charge in [0.05, 0.1) is 18.3 Å². The number of aliphatic hydroxyl groups is 1. The van der Waals surface area contributed by atoms with Crippen LogP contribution < -0.4 is 16.0 Å². The van der Waals surface area contributed by atoms with Gasteiger partial charge in [0.15, 0.2) is 5.13 Å². The van der Waals surface area contributed by atoms with Crippen LogP contribution in [0.15, 0.2) is 29.6 Å². The fourth-order valence-electron chi connectivity index (χ4n) is 2.86. The van der Waals surface area contributed by atoms with Gasteiger partial charge in [0.2, 0.25) is 5.91 Å². The number of anilines is 2. The van der Waals surface area contributed by atoms with Gasteiger partial charge in [0.25, 0.3) is 0 Å². The Balaban J connectivity index is 1.77. The zero-order valence-electron chi connectivity index (χ0n) is 13.6. The number of hydrogen-bond acceptors (Lipinski definition) is 6. The number of carbonyl (C=O) groups excluding carboxylic acids is 1. The predicted molar refractivity (Wildman–Crippen MR) is 97.2 cm³/mol. The molecule has 3 rings (SSSR count). The fraction of sp³-hybridized carbons (Fsp3) is 0.412. The Morgan fingerprint density at radius 2 is 2.38 bits per heavy atom. The highest BCUT2D eigenvalue weighted by atomic mass is 32.1. The van der Waals surface area contributed by atoms with Gasteiger partial charge in [0, 0.05) is 29.7 Å². The second kappa shape index (κ2) is 7.29. The van der Waals surface area contributed by atoms with Crippen LogP contribution in [0.25, 0.3) is 11.3 Å². The summed E-state index contributed by atoms with van der Waals surface area (Å²) in [6.45, 7) is 3.72. The topological polar surface area (TPSA) is 91.5 Å². The lowest BCUT2D eigenvalue weighted by Crippen LogP contribution is -2.41. The van der Waals surface area contributed by atoms with Crippen molar-refractivity contribution in [2.45, 2.75) is 19.4 Å². The van der Waals surface area contributed by atoms with Crippen molar-refractivity contribution < 1.29 is 9.90 Å². The lowest BCUT2D eigenvalue weighted by molar-refractivity contribution is -0.114. The van der Waals surface area contributed by atoms with Crippen LogP contribution in [-0.4, -0.2) is 41.7 Å². The summed E-state index contributed by atoms with van der Waals surface area (Å²) < 4.78 is 0. The van der Waals surface area contributed by atoms with Crippen LogP contribution in [0.3, 0.4) is 0 Å². The number of amides is 1. The van der Waals surface area contributed by atoms with Crippen LogP contribution in [0.1, 0.15) is 13.3 Å². The molecule has 2 aromatic rings. The van der Waals surface area contributed by atoms with Crippen LogP contribution in [0, 0.1) is 5.92 Å². The van der Waals surface area contributed by atoms with Crippen molar-refractivity contribution in [2.75, 3.05) is 29.9 Å². The van der Waals surface area contributed by atoms with Gasteiger partial charge in [-0.3, -0.25) is 4.79 Å². The van der Waals surface area contributed by atoms with Crippen LogP contribution in [0.4, 0.5) is 10.8 Å². The number of nitrogens with zero attached hydrogens (tertiary/aromatic N) is 2. The molecule has 1 saturated heterocycles. The Morgan fingerprint density at radius 3 is 3.12 bits per heavy atom. The van der Waals surface area contributed by atoms with E-state index in [2.05, 4.69) is 34.3 Å². The zero-order valence-corrected chi connectivity index (χ0v) is 14.4. The Hall–Kier alpha value is -1.96. The van der Waals surface area contributed by atoms with Gasteiger partial charge < -0.3 is 21.1 Å². The van der Waals surface area contributed by atoms with Crippen molar-refractivity contribution in [1.82, 2.24) is 4.98 Å². The van der Waals surface area contributed by atoms with E-state index in [-0.39, 0.29) is 24.5 Å². The summed E-state index contributed by atoms with van der Waals surface area (Å²) in [5.74, 6) is 0.0188. The highest BCUT2D eigenvalue weighted by Crippen LogP contribution is 2.30. The van der Waals surface area contributed by atoms with Crippen molar-refractivity contribution in [2.24, 2.45) is 11.7 Å². The number of carbonyl (C=O) groups is 1. The van der Waals surface area contributed by atoms with Crippen molar-refractivity contribution in [3.8, 4) is 11.3 Å². The number of aromatic nitrogens is 1. The average molecular weight is 346 g/mol. The molecule has 0 aliphatic carbocycles. The molecule has 6 nitrogen and oxygen atoms in total. The van der Waals surface area contributed by atoms with Gasteiger partial charge in [-0.05, 0) is 24.5 Å². The number of piperidine rings is 1. The van der Waals surface area contributed by atoms with Crippen LogP contribution in [-0.2, 0) is 4.79 Å². The molecule has 1 amide bonds. The highest BCUT2D eigenvalue weighted by Gasteiger charge is 2.24. The zero-order chi connectivity index (χ0) is 17.1. The number of rotatable bonds is 4. The molecule has 1 aromatic carbocycles. The molecule has 0 spiro atoms. The Bertz CT molecular complexity index is 718. The molecule has 7 heteroatoms. The lowest BCUT2D eigenvalue weighted by Gasteiger charge is -2.36. The van der Waals surface area contributed by atoms with E-state index in [0.29, 0.717) is 5.13 Å². The van der Waals surface area contributed by atoms with Crippen molar-refractivity contribution in [1.29, 1.82) is 0 Å². The maximum Gasteiger partial charge on any atom is 0.239 e. The SMILES string of the molecule is CC1CN(c2cccc(-c3csc(NC(=O)CN)n3)c2)CCC1O. The molecule has 128 valence electrons. The summed E-state index contributed by atoms with van der Waals surface area (Å²) in [6.07, 6.45) is 0.578. The predicted octanol–water partition coefficient (Wildman–Crippen LogP) is 1.91. The first kappa shape index (κ1) is 16.9. The van der Waals surface area contributed by atoms with Gasteiger partial charge in [0.1, 0.15) is 0 Å². The maximum atomic E-state index is 11.3. The van der Waals surface area contributed by atoms with Crippen molar-refractivity contribution >= 4 is 28.1 Å². The normalized spacial score (nSPS) is 20.9. The quantitative estimate of drug-likeness (QED) is 0.787. The number of nitrogens with two attached hydrogens (primary N) is 1. The number of thiazole rings is 1. The highest BCUT2D eigenvalue weighted by molar-refractivity contribution is 7.14. The average Bonchev–Trinajstić information content (AvgIpc) is 3.06. The van der Waals surface area contributed by atoms with Gasteiger partial charge in [-0.2, -0.15) is 0 Å². The number of aliphatic hydroxyl groups excluding tert-OH is 1. The molecular formula is C17H22N4O2S. The second-order valence-corrected chi connectivity index (χ2v) is 6.98. The van der Waals surface area contributed by atoms with E-state index < -0.39 is 0 Å². The summed E-state index contributed by atoms with van der Waals surface area (Å²) in [7, 11) is 0. The molecule has 1 aliphatic rings. The van der Waals surface area contributed by atoms with Gasteiger partial charge in [-0.25, -0.2) is 4.98 Å². The number of nitrogens with one attached hydrogen (secondary N) is 1. The number of benzene rings is 1. The second-order valence-electron chi connectivity index (χ2n) is 6.12. The first-order chi connectivity index (χ1) is 11.6. The van der Waals surface area contributed by atoms with Gasteiger partial charge in [-0.1, -0.05) is 19.1 Å². The molecular weight excluding hydrogens is 324 g/mol. The number of hydrogen-bond donors (Lipinski definition) is 3. The molecule has 2 heterocycles. The minimum absolute atomic E-state index is 0.0522. The molecule has 2 atom stereocenters. The third-order valence-electron chi connectivity index (χ3n) is 4.30. The van der Waals surface area contributed by atoms with Gasteiger partial charge in [-0.15, -0.1) is 11.3 Å². The summed E-state index contributed by atoms with van der Waals surface area (Å²) >= 11 is 1.38. The van der Waals surface area contributed by atoms with Crippen LogP contribution in [0.2, 0.25) is 0 Å². The smallest absolute Gasteiger partial charge is 0.239 e. The van der Waals surface area contributed by atoms with Gasteiger partial charge >= 0.3 is 0 Å². The first-order valence-electron chi connectivity index (χ1n) is 8.05. The molecule has 1 aliphatic heterocycles.